The molecule has 0 saturated carbocycles. The zero-order valence-corrected chi connectivity index (χ0v) is 15.3. The second-order valence-corrected chi connectivity index (χ2v) is 6.60. The van der Waals surface area contributed by atoms with Crippen molar-refractivity contribution in [1.82, 2.24) is 9.97 Å². The van der Waals surface area contributed by atoms with Crippen LogP contribution in [0.4, 0.5) is 17.3 Å². The molecule has 1 aliphatic heterocycles. The van der Waals surface area contributed by atoms with Gasteiger partial charge >= 0.3 is 0 Å². The summed E-state index contributed by atoms with van der Waals surface area (Å²) < 4.78 is 0. The van der Waals surface area contributed by atoms with Crippen molar-refractivity contribution >= 4 is 23.2 Å². The van der Waals surface area contributed by atoms with E-state index in [4.69, 9.17) is 4.98 Å². The van der Waals surface area contributed by atoms with Gasteiger partial charge in [0.15, 0.2) is 0 Å². The molecule has 1 aromatic heterocycles. The van der Waals surface area contributed by atoms with Gasteiger partial charge in [-0.05, 0) is 37.5 Å². The van der Waals surface area contributed by atoms with Crippen LogP contribution in [0.15, 0.2) is 66.9 Å². The zero-order valence-electron chi connectivity index (χ0n) is 15.3. The number of nitrogens with one attached hydrogen (secondary N) is 1. The summed E-state index contributed by atoms with van der Waals surface area (Å²) in [7, 11) is 0. The van der Waals surface area contributed by atoms with Crippen LogP contribution in [0, 0.1) is 0 Å². The van der Waals surface area contributed by atoms with Crippen LogP contribution < -0.4 is 10.2 Å². The summed E-state index contributed by atoms with van der Waals surface area (Å²) in [5.41, 5.74) is 3.73. The molecule has 0 radical (unpaired) electrons. The molecule has 0 fully saturated rings. The van der Waals surface area contributed by atoms with E-state index in [0.717, 1.165) is 35.5 Å². The van der Waals surface area contributed by atoms with Crippen LogP contribution in [-0.4, -0.2) is 22.4 Å². The summed E-state index contributed by atoms with van der Waals surface area (Å²) in [5.74, 6) is 0.530. The van der Waals surface area contributed by atoms with Crippen molar-refractivity contribution in [1.29, 1.82) is 0 Å². The van der Waals surface area contributed by atoms with Crippen LogP contribution >= 0.6 is 0 Å². The van der Waals surface area contributed by atoms with Gasteiger partial charge in [-0.2, -0.15) is 0 Å². The normalized spacial score (nSPS) is 16.6. The van der Waals surface area contributed by atoms with E-state index in [9.17, 15) is 4.79 Å². The van der Waals surface area contributed by atoms with E-state index in [2.05, 4.69) is 10.3 Å². The summed E-state index contributed by atoms with van der Waals surface area (Å²) in [4.78, 5) is 24.1. The highest BCUT2D eigenvalue weighted by molar-refractivity contribution is 5.99. The summed E-state index contributed by atoms with van der Waals surface area (Å²) in [6.07, 6.45) is 3.25. The van der Waals surface area contributed by atoms with Gasteiger partial charge in [-0.3, -0.25) is 4.79 Å². The molecule has 1 amide bonds. The maximum atomic E-state index is 13.2. The van der Waals surface area contributed by atoms with Crippen molar-refractivity contribution in [3.8, 4) is 0 Å². The van der Waals surface area contributed by atoms with Crippen molar-refractivity contribution in [3.05, 3.63) is 78.1 Å². The molecule has 0 spiro atoms. The lowest BCUT2D eigenvalue weighted by Crippen LogP contribution is -2.34. The minimum atomic E-state index is -0.147. The van der Waals surface area contributed by atoms with Crippen molar-refractivity contribution in [2.45, 2.75) is 25.7 Å². The number of aromatic nitrogens is 2. The Labute approximate surface area is 159 Å². The molecule has 2 aromatic carbocycles. The van der Waals surface area contributed by atoms with Crippen molar-refractivity contribution < 1.29 is 4.79 Å². The number of para-hydroxylation sites is 1. The number of carbonyl (C=O) groups excluding carboxylic acids is 1. The number of hydrogen-bond acceptors (Lipinski definition) is 4. The SMILES string of the molecule is CCN1C(=O)C(c2ccccc2)CCc2nc(Nc3ccccc3)ncc21. The molecule has 1 unspecified atom stereocenters. The highest BCUT2D eigenvalue weighted by Crippen LogP contribution is 2.33. The summed E-state index contributed by atoms with van der Waals surface area (Å²) in [6, 6.07) is 19.9. The largest absolute Gasteiger partial charge is 0.324 e. The minimum absolute atomic E-state index is 0.120. The molecule has 4 rings (SSSR count). The van der Waals surface area contributed by atoms with Gasteiger partial charge in [0.1, 0.15) is 0 Å². The number of nitrogens with zero attached hydrogens (tertiary/aromatic N) is 3. The maximum Gasteiger partial charge on any atom is 0.234 e. The van der Waals surface area contributed by atoms with Crippen LogP contribution in [0.5, 0.6) is 0 Å². The molecule has 27 heavy (non-hydrogen) atoms. The molecule has 0 bridgehead atoms. The fourth-order valence-corrected chi connectivity index (χ4v) is 3.56. The lowest BCUT2D eigenvalue weighted by Gasteiger charge is -2.24. The highest BCUT2D eigenvalue weighted by Gasteiger charge is 2.31. The smallest absolute Gasteiger partial charge is 0.234 e. The Kier molecular flexibility index (Phi) is 4.83. The maximum absolute atomic E-state index is 13.2. The van der Waals surface area contributed by atoms with Crippen LogP contribution in [0.2, 0.25) is 0 Å². The Balaban J connectivity index is 1.65. The third-order valence-electron chi connectivity index (χ3n) is 4.92. The third-order valence-corrected chi connectivity index (χ3v) is 4.92. The summed E-state index contributed by atoms with van der Waals surface area (Å²) in [5, 5.41) is 3.24. The van der Waals surface area contributed by atoms with Gasteiger partial charge in [0.25, 0.3) is 0 Å². The second kappa shape index (κ2) is 7.58. The average molecular weight is 358 g/mol. The molecule has 136 valence electrons. The standard InChI is InChI=1S/C22H22N4O/c1-2-26-20-15-23-22(24-17-11-7-4-8-12-17)25-19(20)14-13-18(21(26)27)16-9-5-3-6-10-16/h3-12,15,18H,2,13-14H2,1H3,(H,23,24,25). The number of amides is 1. The van der Waals surface area contributed by atoms with E-state index < -0.39 is 0 Å². The molecule has 0 aliphatic carbocycles. The first kappa shape index (κ1) is 17.2. The van der Waals surface area contributed by atoms with Gasteiger partial charge in [-0.15, -0.1) is 0 Å². The van der Waals surface area contributed by atoms with Gasteiger partial charge in [-0.25, -0.2) is 9.97 Å². The number of benzene rings is 2. The molecule has 1 aliphatic rings. The lowest BCUT2D eigenvalue weighted by atomic mass is 9.93. The predicted octanol–water partition coefficient (Wildman–Crippen LogP) is 4.30. The van der Waals surface area contributed by atoms with E-state index in [1.54, 1.807) is 6.20 Å². The lowest BCUT2D eigenvalue weighted by molar-refractivity contribution is -0.120. The molecule has 5 nitrogen and oxygen atoms in total. The number of anilines is 3. The third kappa shape index (κ3) is 3.53. The van der Waals surface area contributed by atoms with E-state index in [0.29, 0.717) is 12.5 Å². The van der Waals surface area contributed by atoms with Gasteiger partial charge in [0, 0.05) is 12.2 Å². The summed E-state index contributed by atoms with van der Waals surface area (Å²) >= 11 is 0. The molecular formula is C22H22N4O. The monoisotopic (exact) mass is 358 g/mol. The molecule has 1 N–H and O–H groups in total. The number of likely N-dealkylation sites (N-methyl/N-ethyl adjacent to an activating group) is 1. The van der Waals surface area contributed by atoms with Gasteiger partial charge < -0.3 is 10.2 Å². The van der Waals surface area contributed by atoms with E-state index in [1.807, 2.05) is 72.5 Å². The van der Waals surface area contributed by atoms with Crippen molar-refractivity contribution in [2.75, 3.05) is 16.8 Å². The second-order valence-electron chi connectivity index (χ2n) is 6.60. The minimum Gasteiger partial charge on any atom is -0.324 e. The Morgan fingerprint density at radius 2 is 1.78 bits per heavy atom. The molecule has 0 saturated heterocycles. The average Bonchev–Trinajstić information content (AvgIpc) is 2.85. The Morgan fingerprint density at radius 3 is 2.48 bits per heavy atom. The number of aryl methyl sites for hydroxylation is 1. The van der Waals surface area contributed by atoms with Crippen molar-refractivity contribution in [3.63, 3.8) is 0 Å². The fourth-order valence-electron chi connectivity index (χ4n) is 3.56. The first-order valence-corrected chi connectivity index (χ1v) is 9.30. The number of hydrogen-bond donors (Lipinski definition) is 1. The number of carbonyl (C=O) groups is 1. The van der Waals surface area contributed by atoms with Gasteiger partial charge in [-0.1, -0.05) is 48.5 Å². The van der Waals surface area contributed by atoms with Crippen LogP contribution in [0.25, 0.3) is 0 Å². The van der Waals surface area contributed by atoms with Gasteiger partial charge in [0.05, 0.1) is 23.5 Å². The van der Waals surface area contributed by atoms with E-state index in [1.165, 1.54) is 0 Å². The number of fused-ring (bicyclic) bond motifs is 1. The predicted molar refractivity (Wildman–Crippen MR) is 107 cm³/mol. The first-order valence-electron chi connectivity index (χ1n) is 9.30. The topological polar surface area (TPSA) is 58.1 Å². The molecule has 3 aromatic rings. The van der Waals surface area contributed by atoms with E-state index >= 15 is 0 Å². The Hall–Kier alpha value is -3.21. The van der Waals surface area contributed by atoms with Crippen LogP contribution in [0.1, 0.15) is 30.5 Å². The van der Waals surface area contributed by atoms with Gasteiger partial charge in [0.2, 0.25) is 11.9 Å². The highest BCUT2D eigenvalue weighted by atomic mass is 16.2. The van der Waals surface area contributed by atoms with Crippen LogP contribution in [0.3, 0.4) is 0 Å². The molecular weight excluding hydrogens is 336 g/mol. The molecule has 2 heterocycles. The zero-order chi connectivity index (χ0) is 18.6. The Bertz CT molecular complexity index is 928. The molecule has 1 atom stereocenters. The van der Waals surface area contributed by atoms with E-state index in [-0.39, 0.29) is 11.8 Å². The fraction of sp³-hybridized carbons (Fsp3) is 0.227. The molecule has 5 heteroatoms. The quantitative estimate of drug-likeness (QED) is 0.755. The van der Waals surface area contributed by atoms with Crippen LogP contribution in [-0.2, 0) is 11.2 Å². The first-order chi connectivity index (χ1) is 13.3. The Morgan fingerprint density at radius 1 is 1.07 bits per heavy atom. The number of rotatable bonds is 4. The van der Waals surface area contributed by atoms with Crippen molar-refractivity contribution in [2.24, 2.45) is 0 Å². The summed E-state index contributed by atoms with van der Waals surface area (Å²) in [6.45, 7) is 2.59.